The first-order valence-electron chi connectivity index (χ1n) is 13.1. The van der Waals surface area contributed by atoms with Crippen molar-refractivity contribution in [1.29, 1.82) is 0 Å². The number of carboxylic acids is 1. The van der Waals surface area contributed by atoms with Gasteiger partial charge in [-0.15, -0.1) is 0 Å². The monoisotopic (exact) mass is 577 g/mol. The minimum Gasteiger partial charge on any atom is -0.481 e. The summed E-state index contributed by atoms with van der Waals surface area (Å²) < 4.78 is 0. The Balaban J connectivity index is 1.59. The molecule has 6 nitrogen and oxygen atoms in total. The number of carbonyl (C=O) groups excluding carboxylic acids is 3. The first-order chi connectivity index (χ1) is 19.2. The zero-order chi connectivity index (χ0) is 28.6. The lowest BCUT2D eigenvalue weighted by molar-refractivity contribution is -0.136. The van der Waals surface area contributed by atoms with Gasteiger partial charge in [0.15, 0.2) is 11.6 Å². The number of carbonyl (C=O) groups is 4. The fourth-order valence-electron chi connectivity index (χ4n) is 4.78. The summed E-state index contributed by atoms with van der Waals surface area (Å²) >= 11 is 12.2. The van der Waals surface area contributed by atoms with E-state index in [4.69, 9.17) is 28.3 Å². The molecule has 0 spiro atoms. The smallest absolute Gasteiger partial charge is 0.305 e. The van der Waals surface area contributed by atoms with Gasteiger partial charge in [-0.2, -0.15) is 0 Å². The minimum atomic E-state index is -1.01. The van der Waals surface area contributed by atoms with Crippen molar-refractivity contribution in [2.24, 2.45) is 0 Å². The predicted octanol–water partition coefficient (Wildman–Crippen LogP) is 7.39. The van der Waals surface area contributed by atoms with Crippen LogP contribution in [0.15, 0.2) is 72.8 Å². The number of benzene rings is 3. The Morgan fingerprint density at radius 2 is 1.48 bits per heavy atom. The maximum atomic E-state index is 13.8. The van der Waals surface area contributed by atoms with Gasteiger partial charge >= 0.3 is 5.97 Å². The zero-order valence-corrected chi connectivity index (χ0v) is 23.3. The average Bonchev–Trinajstić information content (AvgIpc) is 2.95. The summed E-state index contributed by atoms with van der Waals surface area (Å²) in [7, 11) is 0. The van der Waals surface area contributed by atoms with E-state index in [1.807, 2.05) is 24.3 Å². The van der Waals surface area contributed by atoms with E-state index >= 15 is 0 Å². The molecule has 0 radical (unpaired) electrons. The molecule has 1 atom stereocenters. The number of amides is 1. The van der Waals surface area contributed by atoms with E-state index < -0.39 is 17.8 Å². The molecule has 3 aromatic rings. The van der Waals surface area contributed by atoms with Crippen LogP contribution in [0.1, 0.15) is 86.6 Å². The summed E-state index contributed by atoms with van der Waals surface area (Å²) in [5.74, 6) is -2.74. The second kappa shape index (κ2) is 13.6. The number of allylic oxidation sites excluding steroid dienone is 2. The summed E-state index contributed by atoms with van der Waals surface area (Å²) in [5, 5.41) is 12.0. The number of hydrogen-bond donors (Lipinski definition) is 2. The fraction of sp³-hybridized carbons (Fsp3) is 0.250. The third kappa shape index (κ3) is 7.68. The van der Waals surface area contributed by atoms with Crippen LogP contribution < -0.4 is 5.32 Å². The predicted molar refractivity (Wildman–Crippen MR) is 156 cm³/mol. The van der Waals surface area contributed by atoms with Crippen LogP contribution >= 0.6 is 23.2 Å². The van der Waals surface area contributed by atoms with Crippen molar-refractivity contribution in [3.8, 4) is 0 Å². The molecule has 0 bridgehead atoms. The van der Waals surface area contributed by atoms with Crippen LogP contribution in [0.3, 0.4) is 0 Å². The maximum Gasteiger partial charge on any atom is 0.305 e. The number of carboxylic acid groups (broad SMARTS) is 1. The summed E-state index contributed by atoms with van der Waals surface area (Å²) in [6.45, 7) is -0.000544. The molecule has 1 unspecified atom stereocenters. The molecule has 40 heavy (non-hydrogen) atoms. The van der Waals surface area contributed by atoms with Gasteiger partial charge in [0.2, 0.25) is 0 Å². The number of halogens is 2. The van der Waals surface area contributed by atoms with E-state index in [2.05, 4.69) is 11.4 Å². The zero-order valence-electron chi connectivity index (χ0n) is 21.8. The number of ketones is 2. The van der Waals surface area contributed by atoms with Gasteiger partial charge in [0.1, 0.15) is 0 Å². The van der Waals surface area contributed by atoms with Crippen LogP contribution in [0.25, 0.3) is 5.57 Å². The lowest BCUT2D eigenvalue weighted by Crippen LogP contribution is -2.26. The van der Waals surface area contributed by atoms with Gasteiger partial charge in [-0.1, -0.05) is 65.7 Å². The van der Waals surface area contributed by atoms with Crippen LogP contribution in [0.4, 0.5) is 0 Å². The number of aliphatic carboxylic acids is 1. The summed E-state index contributed by atoms with van der Waals surface area (Å²) in [6.07, 6.45) is 6.40. The molecule has 1 aliphatic carbocycles. The number of nitrogens with one attached hydrogen (secondary N) is 1. The molecule has 0 fully saturated rings. The van der Waals surface area contributed by atoms with Gasteiger partial charge in [0.25, 0.3) is 5.91 Å². The third-order valence-corrected chi connectivity index (χ3v) is 7.36. The molecule has 206 valence electrons. The molecule has 1 aliphatic rings. The second-order valence-electron chi connectivity index (χ2n) is 9.78. The fourth-order valence-corrected chi connectivity index (χ4v) is 5.31. The largest absolute Gasteiger partial charge is 0.481 e. The van der Waals surface area contributed by atoms with E-state index in [0.29, 0.717) is 32.3 Å². The highest BCUT2D eigenvalue weighted by Gasteiger charge is 2.26. The highest BCUT2D eigenvalue weighted by Crippen LogP contribution is 2.31. The number of rotatable bonds is 11. The van der Waals surface area contributed by atoms with Gasteiger partial charge < -0.3 is 10.4 Å². The Kier molecular flexibility index (Phi) is 9.91. The van der Waals surface area contributed by atoms with Crippen LogP contribution in [-0.2, 0) is 4.79 Å². The van der Waals surface area contributed by atoms with Crippen LogP contribution in [-0.4, -0.2) is 35.1 Å². The van der Waals surface area contributed by atoms with Crippen molar-refractivity contribution >= 4 is 52.2 Å². The summed E-state index contributed by atoms with van der Waals surface area (Å²) in [4.78, 5) is 50.1. The van der Waals surface area contributed by atoms with Crippen molar-refractivity contribution in [1.82, 2.24) is 5.32 Å². The Bertz CT molecular complexity index is 1420. The second-order valence-corrected chi connectivity index (χ2v) is 10.6. The Hall–Kier alpha value is -3.74. The van der Waals surface area contributed by atoms with Gasteiger partial charge in [0.05, 0.1) is 12.3 Å². The quantitative estimate of drug-likeness (QED) is 0.231. The molecular weight excluding hydrogens is 549 g/mol. The Labute approximate surface area is 243 Å². The molecule has 0 aromatic heterocycles. The van der Waals surface area contributed by atoms with Gasteiger partial charge in [-0.05, 0) is 72.7 Å². The lowest BCUT2D eigenvalue weighted by Gasteiger charge is -2.18. The molecule has 0 heterocycles. The molecule has 4 rings (SSSR count). The van der Waals surface area contributed by atoms with Crippen LogP contribution in [0.5, 0.6) is 0 Å². The molecule has 0 saturated heterocycles. The van der Waals surface area contributed by atoms with Crippen LogP contribution in [0.2, 0.25) is 10.0 Å². The first kappa shape index (κ1) is 29.2. The summed E-state index contributed by atoms with van der Waals surface area (Å²) in [5.41, 5.74) is 4.09. The molecule has 1 amide bonds. The van der Waals surface area contributed by atoms with Crippen LogP contribution in [0, 0.1) is 0 Å². The van der Waals surface area contributed by atoms with Gasteiger partial charge in [0, 0.05) is 39.7 Å². The van der Waals surface area contributed by atoms with E-state index in [0.717, 1.165) is 24.8 Å². The van der Waals surface area contributed by atoms with Crippen molar-refractivity contribution < 1.29 is 24.3 Å². The Morgan fingerprint density at radius 3 is 2.08 bits per heavy atom. The molecule has 0 aliphatic heterocycles. The normalized spacial score (nSPS) is 13.7. The maximum absolute atomic E-state index is 13.8. The molecular formula is C32H29Cl2NO5. The van der Waals surface area contributed by atoms with Crippen molar-refractivity contribution in [2.75, 3.05) is 6.54 Å². The summed E-state index contributed by atoms with van der Waals surface area (Å²) in [6, 6.07) is 18.5. The highest BCUT2D eigenvalue weighted by molar-refractivity contribution is 6.35. The SMILES string of the molecule is O=C(O)CCNC(=O)c1ccc(C(=O)C(CC(=O)c2cc(Cl)cc(Cl)c2)c2ccc(C3=CCCCC3)cc2)cc1. The van der Waals surface area contributed by atoms with Crippen molar-refractivity contribution in [2.45, 2.75) is 44.4 Å². The Morgan fingerprint density at radius 1 is 0.825 bits per heavy atom. The third-order valence-electron chi connectivity index (χ3n) is 6.92. The molecule has 2 N–H and O–H groups in total. The topological polar surface area (TPSA) is 101 Å². The van der Waals surface area contributed by atoms with Crippen molar-refractivity contribution in [3.05, 3.63) is 111 Å². The van der Waals surface area contributed by atoms with E-state index in [-0.39, 0.29) is 31.0 Å². The van der Waals surface area contributed by atoms with E-state index in [1.54, 1.807) is 18.2 Å². The lowest BCUT2D eigenvalue weighted by atomic mass is 9.84. The highest BCUT2D eigenvalue weighted by atomic mass is 35.5. The van der Waals surface area contributed by atoms with Gasteiger partial charge in [-0.3, -0.25) is 19.2 Å². The molecule has 3 aromatic carbocycles. The van der Waals surface area contributed by atoms with E-state index in [1.165, 1.54) is 36.3 Å². The minimum absolute atomic E-state index is 0.000544. The molecule has 0 saturated carbocycles. The van der Waals surface area contributed by atoms with Crippen molar-refractivity contribution in [3.63, 3.8) is 0 Å². The number of Topliss-reactive ketones (excluding diaryl/α,β-unsaturated/α-hetero) is 2. The standard InChI is InChI=1S/C32H29Cl2NO5/c33-26-16-25(17-27(34)18-26)29(36)19-28(22-8-6-21(7-9-22)20-4-2-1-3-5-20)31(39)23-10-12-24(13-11-23)32(40)35-15-14-30(37)38/h4,6-13,16-18,28H,1-3,5,14-15,19H2,(H,35,40)(H,37,38). The average molecular weight is 578 g/mol. The number of hydrogen-bond acceptors (Lipinski definition) is 4. The van der Waals surface area contributed by atoms with Gasteiger partial charge in [-0.25, -0.2) is 0 Å². The molecule has 8 heteroatoms. The van der Waals surface area contributed by atoms with E-state index in [9.17, 15) is 19.2 Å². The first-order valence-corrected chi connectivity index (χ1v) is 13.9.